The van der Waals surface area contributed by atoms with E-state index >= 15 is 0 Å². The number of carbonyl (C=O) groups is 1. The molecule has 1 fully saturated rings. The summed E-state index contributed by atoms with van der Waals surface area (Å²) in [5, 5.41) is 6.47. The molecule has 2 N–H and O–H groups in total. The number of hydrogen-bond donors (Lipinski definition) is 2. The van der Waals surface area contributed by atoms with Crippen LogP contribution in [0.3, 0.4) is 0 Å². The number of anilines is 1. The van der Waals surface area contributed by atoms with Crippen LogP contribution < -0.4 is 10.6 Å². The second-order valence-corrected chi connectivity index (χ2v) is 7.65. The summed E-state index contributed by atoms with van der Waals surface area (Å²) in [6, 6.07) is 18.5. The molecular weight excluding hydrogens is 360 g/mol. The molecule has 1 aliphatic rings. The van der Waals surface area contributed by atoms with Crippen molar-refractivity contribution < 1.29 is 4.79 Å². The van der Waals surface area contributed by atoms with Crippen LogP contribution in [0.4, 0.5) is 5.69 Å². The summed E-state index contributed by atoms with van der Waals surface area (Å²) in [4.78, 5) is 14.5. The molecule has 3 rings (SSSR count). The van der Waals surface area contributed by atoms with Crippen LogP contribution in [0.2, 0.25) is 0 Å². The maximum atomic E-state index is 12.3. The smallest absolute Gasteiger partial charge is 0.226 e. The number of rotatable bonds is 5. The van der Waals surface area contributed by atoms with Crippen molar-refractivity contribution in [2.75, 3.05) is 23.4 Å². The van der Waals surface area contributed by atoms with Crippen LogP contribution in [0, 0.1) is 0 Å². The standard InChI is InChI=1S/C18H20N2OS2.ClH/c21-18(12-14-13-22-11-10-19-14)20-16-8-4-5-9-17(16)23-15-6-2-1-3-7-15;/h1-9,14,19H,10-13H2,(H,20,21);1H. The summed E-state index contributed by atoms with van der Waals surface area (Å²) < 4.78 is 0. The molecule has 3 nitrogen and oxygen atoms in total. The van der Waals surface area contributed by atoms with E-state index < -0.39 is 0 Å². The lowest BCUT2D eigenvalue weighted by Crippen LogP contribution is -2.39. The minimum atomic E-state index is 0. The topological polar surface area (TPSA) is 41.1 Å². The van der Waals surface area contributed by atoms with E-state index in [4.69, 9.17) is 0 Å². The molecule has 1 amide bonds. The van der Waals surface area contributed by atoms with Gasteiger partial charge in [-0.1, -0.05) is 42.1 Å². The van der Waals surface area contributed by atoms with Crippen molar-refractivity contribution >= 4 is 47.5 Å². The molecular formula is C18H21ClN2OS2. The van der Waals surface area contributed by atoms with Gasteiger partial charge in [-0.3, -0.25) is 4.79 Å². The Bertz CT molecular complexity index is 648. The third kappa shape index (κ3) is 5.74. The average molecular weight is 381 g/mol. The number of benzene rings is 2. The normalized spacial score (nSPS) is 16.9. The lowest BCUT2D eigenvalue weighted by atomic mass is 10.2. The molecule has 0 spiro atoms. The molecule has 1 saturated heterocycles. The Kier molecular flexibility index (Phi) is 7.99. The first-order valence-electron chi connectivity index (χ1n) is 7.74. The highest BCUT2D eigenvalue weighted by Gasteiger charge is 2.17. The van der Waals surface area contributed by atoms with Gasteiger partial charge in [0.1, 0.15) is 0 Å². The summed E-state index contributed by atoms with van der Waals surface area (Å²) in [5.74, 6) is 2.22. The third-order valence-electron chi connectivity index (χ3n) is 3.56. The maximum Gasteiger partial charge on any atom is 0.226 e. The fourth-order valence-corrected chi connectivity index (χ4v) is 4.32. The van der Waals surface area contributed by atoms with Crippen molar-refractivity contribution in [1.29, 1.82) is 0 Å². The maximum absolute atomic E-state index is 12.3. The molecule has 2 aromatic rings. The Morgan fingerprint density at radius 2 is 1.92 bits per heavy atom. The summed E-state index contributed by atoms with van der Waals surface area (Å²) >= 11 is 3.58. The molecule has 0 radical (unpaired) electrons. The molecule has 0 bridgehead atoms. The SMILES string of the molecule is Cl.O=C(CC1CSCCN1)Nc1ccccc1Sc1ccccc1. The molecule has 1 aliphatic heterocycles. The minimum absolute atomic E-state index is 0. The molecule has 1 heterocycles. The molecule has 0 saturated carbocycles. The molecule has 0 aromatic heterocycles. The van der Waals surface area contributed by atoms with Gasteiger partial charge in [-0.2, -0.15) is 11.8 Å². The van der Waals surface area contributed by atoms with Gasteiger partial charge in [0, 0.05) is 40.3 Å². The Hall–Kier alpha value is -1.14. The van der Waals surface area contributed by atoms with Crippen LogP contribution in [-0.2, 0) is 4.79 Å². The van der Waals surface area contributed by atoms with E-state index in [0.29, 0.717) is 6.42 Å². The fraction of sp³-hybridized carbons (Fsp3) is 0.278. The van der Waals surface area contributed by atoms with Crippen LogP contribution in [0.1, 0.15) is 6.42 Å². The fourth-order valence-electron chi connectivity index (χ4n) is 2.45. The van der Waals surface area contributed by atoms with Gasteiger partial charge in [-0.25, -0.2) is 0 Å². The van der Waals surface area contributed by atoms with Crippen molar-refractivity contribution in [3.8, 4) is 0 Å². The highest BCUT2D eigenvalue weighted by molar-refractivity contribution is 7.99. The third-order valence-corrected chi connectivity index (χ3v) is 5.78. The second kappa shape index (κ2) is 9.99. The van der Waals surface area contributed by atoms with Gasteiger partial charge < -0.3 is 10.6 Å². The Labute approximate surface area is 157 Å². The van der Waals surface area contributed by atoms with Gasteiger partial charge >= 0.3 is 0 Å². The molecule has 6 heteroatoms. The quantitative estimate of drug-likeness (QED) is 0.811. The monoisotopic (exact) mass is 380 g/mol. The number of amides is 1. The molecule has 2 aromatic carbocycles. The summed E-state index contributed by atoms with van der Waals surface area (Å²) in [7, 11) is 0. The minimum Gasteiger partial charge on any atom is -0.325 e. The van der Waals surface area contributed by atoms with Crippen LogP contribution in [-0.4, -0.2) is 30.0 Å². The number of hydrogen-bond acceptors (Lipinski definition) is 4. The number of halogens is 1. The highest BCUT2D eigenvalue weighted by atomic mass is 35.5. The van der Waals surface area contributed by atoms with E-state index in [-0.39, 0.29) is 24.4 Å². The Morgan fingerprint density at radius 3 is 2.67 bits per heavy atom. The van der Waals surface area contributed by atoms with Crippen LogP contribution in [0.15, 0.2) is 64.4 Å². The first kappa shape index (κ1) is 19.2. The van der Waals surface area contributed by atoms with Crippen molar-refractivity contribution in [2.45, 2.75) is 22.3 Å². The number of nitrogens with one attached hydrogen (secondary N) is 2. The lowest BCUT2D eigenvalue weighted by Gasteiger charge is -2.22. The lowest BCUT2D eigenvalue weighted by molar-refractivity contribution is -0.116. The van der Waals surface area contributed by atoms with Gasteiger partial charge in [-0.05, 0) is 24.3 Å². The Balaban J connectivity index is 0.00000208. The number of carbonyl (C=O) groups excluding carboxylic acids is 1. The average Bonchev–Trinajstić information content (AvgIpc) is 2.58. The molecule has 1 atom stereocenters. The van der Waals surface area contributed by atoms with Gasteiger partial charge in [0.05, 0.1) is 5.69 Å². The molecule has 1 unspecified atom stereocenters. The van der Waals surface area contributed by atoms with Crippen LogP contribution in [0.5, 0.6) is 0 Å². The van der Waals surface area contributed by atoms with Crippen molar-refractivity contribution in [2.24, 2.45) is 0 Å². The van der Waals surface area contributed by atoms with E-state index in [2.05, 4.69) is 22.8 Å². The van der Waals surface area contributed by atoms with Crippen molar-refractivity contribution in [3.05, 3.63) is 54.6 Å². The summed E-state index contributed by atoms with van der Waals surface area (Å²) in [5.41, 5.74) is 0.884. The zero-order valence-electron chi connectivity index (χ0n) is 13.2. The van der Waals surface area contributed by atoms with Gasteiger partial charge in [-0.15, -0.1) is 12.4 Å². The highest BCUT2D eigenvalue weighted by Crippen LogP contribution is 2.33. The van der Waals surface area contributed by atoms with E-state index in [9.17, 15) is 4.79 Å². The zero-order chi connectivity index (χ0) is 15.9. The van der Waals surface area contributed by atoms with Crippen LogP contribution in [0.25, 0.3) is 0 Å². The molecule has 24 heavy (non-hydrogen) atoms. The van der Waals surface area contributed by atoms with E-state index in [1.807, 2.05) is 54.2 Å². The van der Waals surface area contributed by atoms with E-state index in [0.717, 1.165) is 28.6 Å². The Morgan fingerprint density at radius 1 is 1.17 bits per heavy atom. The van der Waals surface area contributed by atoms with Crippen LogP contribution >= 0.6 is 35.9 Å². The summed E-state index contributed by atoms with van der Waals surface area (Å²) in [6.45, 7) is 0.989. The summed E-state index contributed by atoms with van der Waals surface area (Å²) in [6.07, 6.45) is 0.525. The molecule has 0 aliphatic carbocycles. The van der Waals surface area contributed by atoms with Gasteiger partial charge in [0.25, 0.3) is 0 Å². The second-order valence-electron chi connectivity index (χ2n) is 5.39. The largest absolute Gasteiger partial charge is 0.325 e. The zero-order valence-corrected chi connectivity index (χ0v) is 15.7. The van der Waals surface area contributed by atoms with E-state index in [1.54, 1.807) is 11.8 Å². The van der Waals surface area contributed by atoms with Crippen molar-refractivity contribution in [3.63, 3.8) is 0 Å². The first-order chi connectivity index (χ1) is 11.3. The number of thioether (sulfide) groups is 1. The first-order valence-corrected chi connectivity index (χ1v) is 9.71. The van der Waals surface area contributed by atoms with Gasteiger partial charge in [0.15, 0.2) is 0 Å². The molecule has 128 valence electrons. The predicted molar refractivity (Wildman–Crippen MR) is 107 cm³/mol. The van der Waals surface area contributed by atoms with Gasteiger partial charge in [0.2, 0.25) is 5.91 Å². The number of para-hydroxylation sites is 1. The predicted octanol–water partition coefficient (Wildman–Crippen LogP) is 4.29. The van der Waals surface area contributed by atoms with E-state index in [1.165, 1.54) is 4.90 Å². The van der Waals surface area contributed by atoms with Crippen molar-refractivity contribution in [1.82, 2.24) is 5.32 Å².